The minimum Gasteiger partial charge on any atom is -0.375 e. The minimum absolute atomic E-state index is 0.340. The van der Waals surface area contributed by atoms with Crippen LogP contribution < -0.4 is 5.73 Å². The van der Waals surface area contributed by atoms with Crippen molar-refractivity contribution in [3.63, 3.8) is 0 Å². The van der Waals surface area contributed by atoms with Gasteiger partial charge in [-0.2, -0.15) is 0 Å². The zero-order valence-electron chi connectivity index (χ0n) is 12.6. The third-order valence-corrected chi connectivity index (χ3v) is 5.71. The predicted molar refractivity (Wildman–Crippen MR) is 76.4 cm³/mol. The van der Waals surface area contributed by atoms with Gasteiger partial charge in [0, 0.05) is 12.0 Å². The van der Waals surface area contributed by atoms with Gasteiger partial charge in [-0.1, -0.05) is 33.1 Å². The summed E-state index contributed by atoms with van der Waals surface area (Å²) in [6.45, 7) is 9.05. The van der Waals surface area contributed by atoms with E-state index in [1.54, 1.807) is 0 Å². The molecule has 1 aliphatic carbocycles. The number of nitrogens with two attached hydrogens (primary N) is 1. The summed E-state index contributed by atoms with van der Waals surface area (Å²) in [6, 6.07) is 0.342. The van der Waals surface area contributed by atoms with E-state index in [-0.39, 0.29) is 0 Å². The molecule has 7 atom stereocenters. The Balaban J connectivity index is 1.99. The maximum Gasteiger partial charge on any atom is 0.0597 e. The fraction of sp³-hybridized carbons (Fsp3) is 1.00. The summed E-state index contributed by atoms with van der Waals surface area (Å²) in [5.74, 6) is 2.81. The molecule has 18 heavy (non-hydrogen) atoms. The average molecular weight is 253 g/mol. The van der Waals surface area contributed by atoms with E-state index in [0.29, 0.717) is 30.1 Å². The molecule has 0 aromatic carbocycles. The van der Waals surface area contributed by atoms with Crippen LogP contribution in [-0.4, -0.2) is 18.2 Å². The Bertz CT molecular complexity index is 268. The average Bonchev–Trinajstić information content (AvgIpc) is 2.62. The lowest BCUT2D eigenvalue weighted by atomic mass is 9.70. The zero-order chi connectivity index (χ0) is 13.3. The van der Waals surface area contributed by atoms with Gasteiger partial charge in [-0.15, -0.1) is 0 Å². The lowest BCUT2D eigenvalue weighted by molar-refractivity contribution is 0.0446. The predicted octanol–water partition coefficient (Wildman–Crippen LogP) is 3.59. The normalized spacial score (nSPS) is 47.2. The molecule has 0 amide bonds. The number of hydrogen-bond acceptors (Lipinski definition) is 2. The van der Waals surface area contributed by atoms with E-state index in [9.17, 15) is 0 Å². The van der Waals surface area contributed by atoms with Gasteiger partial charge in [-0.3, -0.25) is 0 Å². The van der Waals surface area contributed by atoms with Gasteiger partial charge in [0.15, 0.2) is 0 Å². The summed E-state index contributed by atoms with van der Waals surface area (Å²) in [6.07, 6.45) is 7.52. The zero-order valence-corrected chi connectivity index (χ0v) is 12.6. The summed E-state index contributed by atoms with van der Waals surface area (Å²) in [7, 11) is 0. The number of hydrogen-bond donors (Lipinski definition) is 1. The van der Waals surface area contributed by atoms with Crippen LogP contribution in [0.5, 0.6) is 0 Å². The van der Waals surface area contributed by atoms with Gasteiger partial charge in [0.1, 0.15) is 0 Å². The highest BCUT2D eigenvalue weighted by Gasteiger charge is 2.43. The Morgan fingerprint density at radius 2 is 1.89 bits per heavy atom. The molecule has 0 radical (unpaired) electrons. The van der Waals surface area contributed by atoms with E-state index in [4.69, 9.17) is 10.5 Å². The molecule has 2 nitrogen and oxygen atoms in total. The van der Waals surface area contributed by atoms with Crippen LogP contribution in [0, 0.1) is 23.7 Å². The van der Waals surface area contributed by atoms with Crippen LogP contribution in [-0.2, 0) is 4.74 Å². The molecule has 2 heteroatoms. The second-order valence-corrected chi connectivity index (χ2v) is 6.76. The lowest BCUT2D eigenvalue weighted by Crippen LogP contribution is -2.44. The SMILES string of the molecule is CCC1CCCC(C(N)C2C(C)OC(C)C2C)C1. The summed E-state index contributed by atoms with van der Waals surface area (Å²) in [4.78, 5) is 0. The molecular weight excluding hydrogens is 222 g/mol. The van der Waals surface area contributed by atoms with E-state index in [0.717, 1.165) is 11.8 Å². The number of rotatable bonds is 3. The van der Waals surface area contributed by atoms with E-state index in [2.05, 4.69) is 27.7 Å². The summed E-state index contributed by atoms with van der Waals surface area (Å²) < 4.78 is 5.97. The molecular formula is C16H31NO. The topological polar surface area (TPSA) is 35.2 Å². The summed E-state index contributed by atoms with van der Waals surface area (Å²) >= 11 is 0. The van der Waals surface area contributed by atoms with Crippen molar-refractivity contribution in [1.29, 1.82) is 0 Å². The van der Waals surface area contributed by atoms with Crippen molar-refractivity contribution in [2.45, 2.75) is 78.0 Å². The molecule has 7 unspecified atom stereocenters. The van der Waals surface area contributed by atoms with Crippen molar-refractivity contribution in [3.05, 3.63) is 0 Å². The van der Waals surface area contributed by atoms with Gasteiger partial charge in [0.2, 0.25) is 0 Å². The second kappa shape index (κ2) is 5.92. The third-order valence-electron chi connectivity index (χ3n) is 5.71. The molecule has 0 aromatic heterocycles. The molecule has 2 aliphatic rings. The molecule has 0 bridgehead atoms. The molecule has 0 spiro atoms. The maximum absolute atomic E-state index is 6.63. The highest BCUT2D eigenvalue weighted by atomic mass is 16.5. The van der Waals surface area contributed by atoms with Gasteiger partial charge in [-0.25, -0.2) is 0 Å². The molecule has 0 aromatic rings. The Hall–Kier alpha value is -0.0800. The first kappa shape index (κ1) is 14.3. The van der Waals surface area contributed by atoms with Crippen LogP contribution >= 0.6 is 0 Å². The van der Waals surface area contributed by atoms with Crippen molar-refractivity contribution in [3.8, 4) is 0 Å². The van der Waals surface area contributed by atoms with Crippen LogP contribution in [0.15, 0.2) is 0 Å². The van der Waals surface area contributed by atoms with Gasteiger partial charge in [-0.05, 0) is 44.4 Å². The smallest absolute Gasteiger partial charge is 0.0597 e. The quantitative estimate of drug-likeness (QED) is 0.834. The standard InChI is InChI=1S/C16H31NO/c1-5-13-7-6-8-14(9-13)16(17)15-10(2)11(3)18-12(15)4/h10-16H,5-9,17H2,1-4H3. The molecule has 1 saturated carbocycles. The fourth-order valence-electron chi connectivity index (χ4n) is 4.32. The minimum atomic E-state index is 0.340. The van der Waals surface area contributed by atoms with E-state index >= 15 is 0 Å². The summed E-state index contributed by atoms with van der Waals surface area (Å²) in [5, 5.41) is 0. The Labute approximate surface area is 113 Å². The van der Waals surface area contributed by atoms with Crippen LogP contribution in [0.2, 0.25) is 0 Å². The van der Waals surface area contributed by atoms with Crippen molar-refractivity contribution >= 4 is 0 Å². The van der Waals surface area contributed by atoms with Crippen molar-refractivity contribution < 1.29 is 4.74 Å². The molecule has 2 N–H and O–H groups in total. The van der Waals surface area contributed by atoms with Gasteiger partial charge in [0.05, 0.1) is 12.2 Å². The first-order chi connectivity index (χ1) is 8.54. The molecule has 106 valence electrons. The first-order valence-electron chi connectivity index (χ1n) is 7.95. The molecule has 1 saturated heterocycles. The van der Waals surface area contributed by atoms with Crippen LogP contribution in [0.1, 0.15) is 59.8 Å². The van der Waals surface area contributed by atoms with Crippen LogP contribution in [0.4, 0.5) is 0 Å². The van der Waals surface area contributed by atoms with E-state index in [1.807, 2.05) is 0 Å². The summed E-state index contributed by atoms with van der Waals surface area (Å²) in [5.41, 5.74) is 6.63. The lowest BCUT2D eigenvalue weighted by Gasteiger charge is -2.37. The highest BCUT2D eigenvalue weighted by Crippen LogP contribution is 2.40. The van der Waals surface area contributed by atoms with Crippen molar-refractivity contribution in [1.82, 2.24) is 0 Å². The highest BCUT2D eigenvalue weighted by molar-refractivity contribution is 4.94. The Morgan fingerprint density at radius 3 is 2.44 bits per heavy atom. The monoisotopic (exact) mass is 253 g/mol. The maximum atomic E-state index is 6.63. The van der Waals surface area contributed by atoms with E-state index < -0.39 is 0 Å². The van der Waals surface area contributed by atoms with Crippen molar-refractivity contribution in [2.24, 2.45) is 29.4 Å². The van der Waals surface area contributed by atoms with Gasteiger partial charge in [0.25, 0.3) is 0 Å². The third kappa shape index (κ3) is 2.75. The fourth-order valence-corrected chi connectivity index (χ4v) is 4.32. The molecule has 2 rings (SSSR count). The molecule has 1 heterocycles. The first-order valence-corrected chi connectivity index (χ1v) is 7.95. The largest absolute Gasteiger partial charge is 0.375 e. The molecule has 2 fully saturated rings. The van der Waals surface area contributed by atoms with E-state index in [1.165, 1.54) is 32.1 Å². The Kier molecular flexibility index (Phi) is 4.71. The van der Waals surface area contributed by atoms with Crippen molar-refractivity contribution in [2.75, 3.05) is 0 Å². The van der Waals surface area contributed by atoms with Gasteiger partial charge >= 0.3 is 0 Å². The molecule has 1 aliphatic heterocycles. The Morgan fingerprint density at radius 1 is 1.17 bits per heavy atom. The van der Waals surface area contributed by atoms with Crippen LogP contribution in [0.25, 0.3) is 0 Å². The second-order valence-electron chi connectivity index (χ2n) is 6.76. The van der Waals surface area contributed by atoms with Gasteiger partial charge < -0.3 is 10.5 Å². The van der Waals surface area contributed by atoms with Crippen LogP contribution in [0.3, 0.4) is 0 Å². The number of ether oxygens (including phenoxy) is 1.